The van der Waals surface area contributed by atoms with Crippen molar-refractivity contribution in [3.8, 4) is 0 Å². The predicted molar refractivity (Wildman–Crippen MR) is 120 cm³/mol. The van der Waals surface area contributed by atoms with Gasteiger partial charge in [-0.15, -0.1) is 0 Å². The number of nitrogens with zero attached hydrogens (tertiary/aromatic N) is 2. The Morgan fingerprint density at radius 3 is 2.48 bits per heavy atom. The van der Waals surface area contributed by atoms with Crippen molar-refractivity contribution in [2.24, 2.45) is 0 Å². The fourth-order valence-electron chi connectivity index (χ4n) is 5.00. The van der Waals surface area contributed by atoms with Crippen molar-refractivity contribution in [3.63, 3.8) is 0 Å². The smallest absolute Gasteiger partial charge is 0.256 e. The minimum atomic E-state index is 0.0355. The molecule has 0 radical (unpaired) electrons. The quantitative estimate of drug-likeness (QED) is 0.673. The van der Waals surface area contributed by atoms with Gasteiger partial charge in [-0.25, -0.2) is 0 Å². The third-order valence-corrected chi connectivity index (χ3v) is 6.67. The van der Waals surface area contributed by atoms with E-state index >= 15 is 0 Å². The monoisotopic (exact) mass is 388 g/mol. The highest BCUT2D eigenvalue weighted by atomic mass is 16.1. The third kappa shape index (κ3) is 3.62. The average molecular weight is 389 g/mol. The first kappa shape index (κ1) is 18.3. The van der Waals surface area contributed by atoms with E-state index < -0.39 is 0 Å². The largest absolute Gasteiger partial charge is 0.399 e. The Morgan fingerprint density at radius 2 is 1.69 bits per heavy atom. The van der Waals surface area contributed by atoms with E-state index in [1.54, 1.807) is 0 Å². The van der Waals surface area contributed by atoms with Gasteiger partial charge >= 0.3 is 0 Å². The lowest BCUT2D eigenvalue weighted by molar-refractivity contribution is 0.205. The molecule has 150 valence electrons. The molecule has 3 heterocycles. The van der Waals surface area contributed by atoms with E-state index in [1.165, 1.54) is 18.5 Å². The minimum Gasteiger partial charge on any atom is -0.399 e. The van der Waals surface area contributed by atoms with Gasteiger partial charge in [0.2, 0.25) is 0 Å². The minimum absolute atomic E-state index is 0.0355. The van der Waals surface area contributed by atoms with Crippen LogP contribution in [0.5, 0.6) is 0 Å². The zero-order valence-corrected chi connectivity index (χ0v) is 16.7. The lowest BCUT2D eigenvalue weighted by Crippen LogP contribution is -2.44. The fraction of sp³-hybridized carbons (Fsp3) is 0.375. The van der Waals surface area contributed by atoms with E-state index in [-0.39, 0.29) is 5.56 Å². The Hall–Kier alpha value is -2.79. The van der Waals surface area contributed by atoms with Crippen molar-refractivity contribution in [3.05, 3.63) is 70.6 Å². The SMILES string of the molecule is Nc1ccc(N2CCC(N3CCC(c4cc5ccccc5c(=O)[nH]4)C3)CC2)cc1. The van der Waals surface area contributed by atoms with Crippen molar-refractivity contribution >= 4 is 22.1 Å². The van der Waals surface area contributed by atoms with Gasteiger partial charge in [-0.3, -0.25) is 9.69 Å². The first-order valence-electron chi connectivity index (χ1n) is 10.6. The van der Waals surface area contributed by atoms with Gasteiger partial charge < -0.3 is 15.6 Å². The van der Waals surface area contributed by atoms with Crippen LogP contribution in [0.4, 0.5) is 11.4 Å². The molecule has 2 aliphatic heterocycles. The van der Waals surface area contributed by atoms with Crippen LogP contribution in [0.15, 0.2) is 59.4 Å². The Kier molecular flexibility index (Phi) is 4.76. The molecule has 1 atom stereocenters. The second kappa shape index (κ2) is 7.56. The van der Waals surface area contributed by atoms with E-state index in [2.05, 4.69) is 33.0 Å². The molecular formula is C24H28N4O. The zero-order chi connectivity index (χ0) is 19.8. The first-order chi connectivity index (χ1) is 14.2. The van der Waals surface area contributed by atoms with Crippen LogP contribution in [0.3, 0.4) is 0 Å². The van der Waals surface area contributed by atoms with Gasteiger partial charge in [0.1, 0.15) is 0 Å². The van der Waals surface area contributed by atoms with Gasteiger partial charge in [0, 0.05) is 54.0 Å². The highest BCUT2D eigenvalue weighted by Gasteiger charge is 2.32. The molecule has 2 fully saturated rings. The number of anilines is 2. The zero-order valence-electron chi connectivity index (χ0n) is 16.7. The van der Waals surface area contributed by atoms with E-state index in [9.17, 15) is 4.79 Å². The average Bonchev–Trinajstić information content (AvgIpc) is 3.25. The van der Waals surface area contributed by atoms with Crippen LogP contribution in [0.25, 0.3) is 10.8 Å². The second-order valence-corrected chi connectivity index (χ2v) is 8.43. The Balaban J connectivity index is 1.24. The molecule has 1 unspecified atom stereocenters. The van der Waals surface area contributed by atoms with Gasteiger partial charge in [0.15, 0.2) is 0 Å². The molecule has 1 aromatic heterocycles. The van der Waals surface area contributed by atoms with Crippen LogP contribution in [-0.2, 0) is 0 Å². The van der Waals surface area contributed by atoms with Gasteiger partial charge in [0.05, 0.1) is 0 Å². The van der Waals surface area contributed by atoms with Gasteiger partial charge in [-0.05, 0) is 67.6 Å². The fourth-order valence-corrected chi connectivity index (χ4v) is 5.00. The van der Waals surface area contributed by atoms with E-state index in [4.69, 9.17) is 5.73 Å². The predicted octanol–water partition coefficient (Wildman–Crippen LogP) is 3.57. The van der Waals surface area contributed by atoms with Crippen molar-refractivity contribution in [1.82, 2.24) is 9.88 Å². The number of H-pyrrole nitrogens is 1. The van der Waals surface area contributed by atoms with Crippen LogP contribution in [-0.4, -0.2) is 42.1 Å². The van der Waals surface area contributed by atoms with Crippen molar-refractivity contribution in [2.45, 2.75) is 31.2 Å². The van der Waals surface area contributed by atoms with Crippen LogP contribution >= 0.6 is 0 Å². The van der Waals surface area contributed by atoms with Crippen LogP contribution in [0.2, 0.25) is 0 Å². The lowest BCUT2D eigenvalue weighted by Gasteiger charge is -2.38. The van der Waals surface area contributed by atoms with E-state index in [0.717, 1.165) is 54.8 Å². The van der Waals surface area contributed by atoms with Gasteiger partial charge in [-0.1, -0.05) is 18.2 Å². The molecule has 0 bridgehead atoms. The Morgan fingerprint density at radius 1 is 0.931 bits per heavy atom. The van der Waals surface area contributed by atoms with Gasteiger partial charge in [0.25, 0.3) is 5.56 Å². The number of aromatic nitrogens is 1. The molecule has 0 amide bonds. The summed E-state index contributed by atoms with van der Waals surface area (Å²) in [7, 11) is 0. The van der Waals surface area contributed by atoms with Crippen molar-refractivity contribution < 1.29 is 0 Å². The Bertz CT molecular complexity index is 1050. The number of nitrogens with two attached hydrogens (primary N) is 1. The molecule has 5 heteroatoms. The van der Waals surface area contributed by atoms with Crippen LogP contribution < -0.4 is 16.2 Å². The number of fused-ring (bicyclic) bond motifs is 1. The summed E-state index contributed by atoms with van der Waals surface area (Å²) in [5.41, 5.74) is 9.03. The molecule has 0 spiro atoms. The maximum atomic E-state index is 12.4. The summed E-state index contributed by atoms with van der Waals surface area (Å²) in [6.45, 7) is 4.33. The molecule has 5 nitrogen and oxygen atoms in total. The van der Waals surface area contributed by atoms with Gasteiger partial charge in [-0.2, -0.15) is 0 Å². The third-order valence-electron chi connectivity index (χ3n) is 6.67. The number of hydrogen-bond acceptors (Lipinski definition) is 4. The molecule has 29 heavy (non-hydrogen) atoms. The second-order valence-electron chi connectivity index (χ2n) is 8.43. The number of aromatic amines is 1. The number of likely N-dealkylation sites (tertiary alicyclic amines) is 1. The standard InChI is InChI=1S/C24H28N4O/c25-19-5-7-20(8-6-19)27-13-10-21(11-14-27)28-12-9-18(16-28)23-15-17-3-1-2-4-22(17)24(29)26-23/h1-8,15,18,21H,9-14,16,25H2,(H,26,29). The number of nitrogens with one attached hydrogen (secondary N) is 1. The summed E-state index contributed by atoms with van der Waals surface area (Å²) < 4.78 is 0. The highest BCUT2D eigenvalue weighted by Crippen LogP contribution is 2.31. The molecule has 2 saturated heterocycles. The number of benzene rings is 2. The molecule has 5 rings (SSSR count). The number of pyridine rings is 1. The van der Waals surface area contributed by atoms with E-state index in [1.807, 2.05) is 36.4 Å². The summed E-state index contributed by atoms with van der Waals surface area (Å²) in [5, 5.41) is 1.82. The normalized spacial score (nSPS) is 21.1. The maximum absolute atomic E-state index is 12.4. The summed E-state index contributed by atoms with van der Waals surface area (Å²) in [4.78, 5) is 20.7. The Labute approximate surface area is 171 Å². The summed E-state index contributed by atoms with van der Waals surface area (Å²) in [6, 6.07) is 18.9. The lowest BCUT2D eigenvalue weighted by atomic mass is 10.0. The van der Waals surface area contributed by atoms with Crippen molar-refractivity contribution in [1.29, 1.82) is 0 Å². The molecular weight excluding hydrogens is 360 g/mol. The number of nitrogen functional groups attached to an aromatic ring is 1. The number of hydrogen-bond donors (Lipinski definition) is 2. The summed E-state index contributed by atoms with van der Waals surface area (Å²) in [6.07, 6.45) is 3.49. The maximum Gasteiger partial charge on any atom is 0.256 e. The van der Waals surface area contributed by atoms with E-state index in [0.29, 0.717) is 12.0 Å². The van der Waals surface area contributed by atoms with Crippen LogP contribution in [0.1, 0.15) is 30.9 Å². The molecule has 0 aliphatic carbocycles. The number of piperidine rings is 1. The number of rotatable bonds is 3. The molecule has 2 aliphatic rings. The molecule has 2 aromatic carbocycles. The summed E-state index contributed by atoms with van der Waals surface area (Å²) in [5.74, 6) is 0.419. The molecule has 3 aromatic rings. The van der Waals surface area contributed by atoms with Crippen molar-refractivity contribution in [2.75, 3.05) is 36.8 Å². The highest BCUT2D eigenvalue weighted by molar-refractivity contribution is 5.81. The molecule has 3 N–H and O–H groups in total. The molecule has 0 saturated carbocycles. The van der Waals surface area contributed by atoms with Crippen LogP contribution in [0, 0.1) is 0 Å². The summed E-state index contributed by atoms with van der Waals surface area (Å²) >= 11 is 0. The first-order valence-corrected chi connectivity index (χ1v) is 10.6. The topological polar surface area (TPSA) is 65.4 Å².